The average Bonchev–Trinajstić information content (AvgIpc) is 3.69. The number of aromatic nitrogens is 4. The monoisotopic (exact) mass is 612 g/mol. The SMILES string of the molecule is NC1=NC(=O)C2N=CN(C3OC(CO)C(O)C3OP(=O)(O)OCC3OC(n4cnc5c(N)ncnc54)C(O)C3O)C2=N1. The van der Waals surface area contributed by atoms with E-state index in [1.165, 1.54) is 17.2 Å². The highest BCUT2D eigenvalue weighted by atomic mass is 31.2. The summed E-state index contributed by atoms with van der Waals surface area (Å²) in [4.78, 5) is 47.3. The minimum absolute atomic E-state index is 0.0351. The molecule has 21 nitrogen and oxygen atoms in total. The first kappa shape index (κ1) is 28.6. The van der Waals surface area contributed by atoms with Crippen LogP contribution in [0, 0.1) is 0 Å². The number of aliphatic hydroxyl groups excluding tert-OH is 4. The van der Waals surface area contributed by atoms with Crippen LogP contribution in [0.2, 0.25) is 0 Å². The summed E-state index contributed by atoms with van der Waals surface area (Å²) in [7, 11) is -5.06. The van der Waals surface area contributed by atoms with E-state index in [9.17, 15) is 34.7 Å². The first-order valence-electron chi connectivity index (χ1n) is 12.3. The highest BCUT2D eigenvalue weighted by molar-refractivity contribution is 7.47. The molecule has 6 rings (SSSR count). The molecule has 0 aromatic carbocycles. The molecule has 0 saturated carbocycles. The van der Waals surface area contributed by atoms with Crippen LogP contribution < -0.4 is 11.5 Å². The van der Waals surface area contributed by atoms with Crippen molar-refractivity contribution in [3.8, 4) is 0 Å². The van der Waals surface area contributed by atoms with Gasteiger partial charge in [0.25, 0.3) is 5.91 Å². The third-order valence-electron chi connectivity index (χ3n) is 6.96. The molecule has 4 aliphatic rings. The number of imidazole rings is 1. The smallest absolute Gasteiger partial charge is 0.394 e. The lowest BCUT2D eigenvalue weighted by Gasteiger charge is -2.30. The van der Waals surface area contributed by atoms with Gasteiger partial charge in [0, 0.05) is 0 Å². The number of nitrogens with two attached hydrogens (primary N) is 2. The van der Waals surface area contributed by atoms with E-state index in [1.807, 2.05) is 0 Å². The lowest BCUT2D eigenvalue weighted by molar-refractivity contribution is -0.117. The molecule has 2 aromatic rings. The van der Waals surface area contributed by atoms with Crippen LogP contribution in [0.25, 0.3) is 11.2 Å². The summed E-state index contributed by atoms with van der Waals surface area (Å²) in [6.45, 7) is -1.44. The van der Waals surface area contributed by atoms with Gasteiger partial charge in [0.15, 0.2) is 35.8 Å². The molecule has 0 radical (unpaired) electrons. The van der Waals surface area contributed by atoms with Gasteiger partial charge in [-0.1, -0.05) is 0 Å². The van der Waals surface area contributed by atoms with Crippen LogP contribution in [0.3, 0.4) is 0 Å². The minimum atomic E-state index is -5.06. The highest BCUT2D eigenvalue weighted by Gasteiger charge is 2.53. The first-order chi connectivity index (χ1) is 20.0. The molecule has 22 heteroatoms. The van der Waals surface area contributed by atoms with Crippen LogP contribution in [0.15, 0.2) is 27.6 Å². The van der Waals surface area contributed by atoms with Crippen molar-refractivity contribution in [2.75, 3.05) is 18.9 Å². The number of amidine groups is 1. The van der Waals surface area contributed by atoms with E-state index in [0.29, 0.717) is 0 Å². The zero-order valence-corrected chi connectivity index (χ0v) is 22.1. The molecular formula is C20H25N10O11P. The minimum Gasteiger partial charge on any atom is -0.394 e. The molecule has 10 atom stereocenters. The molecular weight excluding hydrogens is 587 g/mol. The second kappa shape index (κ2) is 10.6. The van der Waals surface area contributed by atoms with Crippen LogP contribution in [0.5, 0.6) is 0 Å². The quantitative estimate of drug-likeness (QED) is 0.138. The zero-order chi connectivity index (χ0) is 29.9. The maximum atomic E-state index is 13.0. The molecule has 10 unspecified atom stereocenters. The van der Waals surface area contributed by atoms with E-state index in [4.69, 9.17) is 30.0 Å². The third-order valence-corrected chi connectivity index (χ3v) is 7.94. The fraction of sp³-hybridized carbons (Fsp3) is 0.550. The van der Waals surface area contributed by atoms with E-state index in [0.717, 1.165) is 11.2 Å². The summed E-state index contributed by atoms with van der Waals surface area (Å²) < 4.78 is 35.9. The van der Waals surface area contributed by atoms with Crippen molar-refractivity contribution in [3.05, 3.63) is 12.7 Å². The average molecular weight is 612 g/mol. The van der Waals surface area contributed by atoms with Crippen LogP contribution in [-0.2, 0) is 27.9 Å². The number of fused-ring (bicyclic) bond motifs is 2. The van der Waals surface area contributed by atoms with Gasteiger partial charge in [-0.25, -0.2) is 19.5 Å². The number of aliphatic imine (C=N–C) groups is 3. The summed E-state index contributed by atoms with van der Waals surface area (Å²) >= 11 is 0. The van der Waals surface area contributed by atoms with Gasteiger partial charge in [-0.05, 0) is 0 Å². The fourth-order valence-electron chi connectivity index (χ4n) is 4.92. The molecule has 1 amide bonds. The van der Waals surface area contributed by atoms with Gasteiger partial charge in [0.05, 0.1) is 25.9 Å². The van der Waals surface area contributed by atoms with E-state index in [-0.39, 0.29) is 28.8 Å². The Morgan fingerprint density at radius 2 is 1.79 bits per heavy atom. The standard InChI is InChI=1S/C20H25N10O11P/c21-14-8-15(24-3-23-14)29(4-25-8)18-12(34)10(32)7(40-18)2-38-42(36,37)41-13-11(33)6(1-31)39-19(13)30-5-26-9-16(30)27-20(22)28-17(9)35/h3-7,9-13,18-19,31-34H,1-2H2,(H,36,37)(H2,21,23,24)(H2,22,28,35). The van der Waals surface area contributed by atoms with Crippen molar-refractivity contribution < 1.29 is 53.2 Å². The van der Waals surface area contributed by atoms with E-state index in [1.54, 1.807) is 0 Å². The fourth-order valence-corrected chi connectivity index (χ4v) is 5.86. The lowest BCUT2D eigenvalue weighted by Crippen LogP contribution is -2.50. The zero-order valence-electron chi connectivity index (χ0n) is 21.2. The Bertz CT molecular complexity index is 1540. The van der Waals surface area contributed by atoms with Crippen LogP contribution in [-0.4, -0.2) is 136 Å². The number of rotatable bonds is 8. The van der Waals surface area contributed by atoms with Crippen molar-refractivity contribution in [3.63, 3.8) is 0 Å². The van der Waals surface area contributed by atoms with Gasteiger partial charge in [0.2, 0.25) is 5.96 Å². The predicted octanol–water partition coefficient (Wildman–Crippen LogP) is -4.43. The van der Waals surface area contributed by atoms with E-state index in [2.05, 4.69) is 29.9 Å². The molecule has 42 heavy (non-hydrogen) atoms. The van der Waals surface area contributed by atoms with Crippen molar-refractivity contribution >= 4 is 48.8 Å². The Morgan fingerprint density at radius 1 is 1.02 bits per heavy atom. The van der Waals surface area contributed by atoms with Gasteiger partial charge in [0.1, 0.15) is 48.5 Å². The van der Waals surface area contributed by atoms with Gasteiger partial charge >= 0.3 is 7.82 Å². The molecule has 0 bridgehead atoms. The normalized spacial score (nSPS) is 35.9. The van der Waals surface area contributed by atoms with Crippen molar-refractivity contribution in [1.82, 2.24) is 24.4 Å². The van der Waals surface area contributed by atoms with Crippen molar-refractivity contribution in [2.24, 2.45) is 20.7 Å². The number of hydrogen-bond acceptors (Lipinski definition) is 18. The molecule has 2 fully saturated rings. The van der Waals surface area contributed by atoms with Crippen molar-refractivity contribution in [2.45, 2.75) is 55.1 Å². The predicted molar refractivity (Wildman–Crippen MR) is 136 cm³/mol. The number of nitrogens with zero attached hydrogens (tertiary/aromatic N) is 8. The second-order valence-corrected chi connectivity index (χ2v) is 11.0. The number of guanidine groups is 1. The summed E-state index contributed by atoms with van der Waals surface area (Å²) in [6, 6.07) is -1.15. The number of ether oxygens (including phenoxy) is 2. The maximum Gasteiger partial charge on any atom is 0.472 e. The maximum absolute atomic E-state index is 13.0. The summed E-state index contributed by atoms with van der Waals surface area (Å²) in [5, 5.41) is 41.5. The van der Waals surface area contributed by atoms with Gasteiger partial charge in [-0.2, -0.15) is 9.98 Å². The highest BCUT2D eigenvalue weighted by Crippen LogP contribution is 2.48. The number of hydrogen-bond donors (Lipinski definition) is 7. The first-order valence-corrected chi connectivity index (χ1v) is 13.8. The number of phosphoric acid groups is 1. The summed E-state index contributed by atoms with van der Waals surface area (Å²) in [5.74, 6) is -1.02. The summed E-state index contributed by atoms with van der Waals surface area (Å²) in [5.41, 5.74) is 11.8. The van der Waals surface area contributed by atoms with Crippen LogP contribution >= 0.6 is 7.82 Å². The third kappa shape index (κ3) is 4.84. The molecule has 9 N–H and O–H groups in total. The van der Waals surface area contributed by atoms with Crippen LogP contribution in [0.1, 0.15) is 6.23 Å². The van der Waals surface area contributed by atoms with Crippen LogP contribution in [0.4, 0.5) is 5.82 Å². The van der Waals surface area contributed by atoms with Crippen molar-refractivity contribution in [1.29, 1.82) is 0 Å². The Balaban J connectivity index is 1.15. The summed E-state index contributed by atoms with van der Waals surface area (Å²) in [6.07, 6.45) is -8.03. The van der Waals surface area contributed by atoms with Gasteiger partial charge in [-0.3, -0.25) is 28.3 Å². The molecule has 2 saturated heterocycles. The number of carbonyl (C=O) groups is 1. The molecule has 226 valence electrons. The molecule has 6 heterocycles. The number of phosphoric ester groups is 1. The van der Waals surface area contributed by atoms with Gasteiger partial charge in [-0.15, -0.1) is 0 Å². The molecule has 0 spiro atoms. The Morgan fingerprint density at radius 3 is 2.55 bits per heavy atom. The van der Waals surface area contributed by atoms with Gasteiger partial charge < -0.3 is 46.3 Å². The number of nitrogen functional groups attached to an aromatic ring is 1. The number of anilines is 1. The Kier molecular flexibility index (Phi) is 7.25. The van der Waals surface area contributed by atoms with E-state index >= 15 is 0 Å². The topological polar surface area (TPSA) is 308 Å². The molecule has 2 aromatic heterocycles. The number of aliphatic hydroxyl groups is 4. The number of carbonyl (C=O) groups excluding carboxylic acids is 1. The van der Waals surface area contributed by atoms with E-state index < -0.39 is 82.1 Å². The second-order valence-electron chi connectivity index (χ2n) is 9.55. The Labute approximate surface area is 234 Å². The molecule has 4 aliphatic heterocycles. The molecule has 0 aliphatic carbocycles. The lowest BCUT2D eigenvalue weighted by atomic mass is 10.1. The largest absolute Gasteiger partial charge is 0.472 e. The number of amides is 1. The Hall–Kier alpha value is -3.50.